The average Bonchev–Trinajstić information content (AvgIpc) is 3.07. The summed E-state index contributed by atoms with van der Waals surface area (Å²) in [5.41, 5.74) is 2.48. The maximum atomic E-state index is 10.9. The zero-order valence-corrected chi connectivity index (χ0v) is 10.1. The molecule has 0 aromatic carbocycles. The van der Waals surface area contributed by atoms with Gasteiger partial charge in [0.25, 0.3) is 0 Å². The second-order valence-electron chi connectivity index (χ2n) is 4.06. The molecule has 0 fully saturated rings. The molecule has 0 spiro atoms. The van der Waals surface area contributed by atoms with Gasteiger partial charge in [-0.15, -0.1) is 0 Å². The molecule has 0 saturated heterocycles. The van der Waals surface area contributed by atoms with Gasteiger partial charge in [0, 0.05) is 29.0 Å². The molecule has 100 valence electrons. The predicted molar refractivity (Wildman–Crippen MR) is 68.9 cm³/mol. The van der Waals surface area contributed by atoms with E-state index in [1.165, 1.54) is 16.8 Å². The van der Waals surface area contributed by atoms with Crippen molar-refractivity contribution in [3.63, 3.8) is 0 Å². The van der Waals surface area contributed by atoms with Crippen molar-refractivity contribution in [1.82, 2.24) is 19.8 Å². The zero-order chi connectivity index (χ0) is 14.1. The fourth-order valence-corrected chi connectivity index (χ4v) is 2.13. The molecular weight excluding hydrogens is 264 g/mol. The van der Waals surface area contributed by atoms with E-state index in [0.717, 1.165) is 0 Å². The minimum atomic E-state index is -0.517. The van der Waals surface area contributed by atoms with E-state index in [1.54, 1.807) is 18.5 Å². The van der Waals surface area contributed by atoms with Crippen molar-refractivity contribution in [2.24, 2.45) is 5.18 Å². The minimum Gasteiger partial charge on any atom is -0.358 e. The Morgan fingerprint density at radius 2 is 2.25 bits per heavy atom. The van der Waals surface area contributed by atoms with Crippen molar-refractivity contribution in [2.45, 2.75) is 6.54 Å². The molecule has 3 aromatic heterocycles. The number of aromatic nitrogens is 4. The lowest BCUT2D eigenvalue weighted by atomic mass is 10.0. The molecule has 0 unspecified atom stereocenters. The number of nitrogens with zero attached hydrogens (tertiary/aromatic N) is 5. The van der Waals surface area contributed by atoms with E-state index in [9.17, 15) is 15.0 Å². The monoisotopic (exact) mass is 272 g/mol. The molecule has 9 nitrogen and oxygen atoms in total. The van der Waals surface area contributed by atoms with Crippen LogP contribution >= 0.6 is 0 Å². The lowest BCUT2D eigenvalue weighted by molar-refractivity contribution is -0.390. The number of hydrogen-bond acceptors (Lipinski definition) is 6. The topological polar surface area (TPSA) is 119 Å². The molecule has 20 heavy (non-hydrogen) atoms. The molecule has 0 amide bonds. The van der Waals surface area contributed by atoms with Crippen LogP contribution in [-0.4, -0.2) is 24.7 Å². The first-order valence-electron chi connectivity index (χ1n) is 5.64. The Kier molecular flexibility index (Phi) is 2.71. The number of hydrogen-bond donors (Lipinski definition) is 1. The quantitative estimate of drug-likeness (QED) is 0.442. The third kappa shape index (κ3) is 1.72. The van der Waals surface area contributed by atoms with Gasteiger partial charge in [-0.3, -0.25) is 5.10 Å². The van der Waals surface area contributed by atoms with Crippen molar-refractivity contribution in [3.8, 4) is 11.1 Å². The molecule has 0 aliphatic carbocycles. The highest BCUT2D eigenvalue weighted by Gasteiger charge is 2.21. The van der Waals surface area contributed by atoms with Gasteiger partial charge in [0.05, 0.1) is 12.4 Å². The SMILES string of the molecule is O=NCc1cnn2c([N+](=O)[O-])ccc2c1-c1cn[nH]c1. The Labute approximate surface area is 111 Å². The molecule has 0 aliphatic heterocycles. The number of aromatic amines is 1. The highest BCUT2D eigenvalue weighted by atomic mass is 16.6. The van der Waals surface area contributed by atoms with Gasteiger partial charge in [-0.1, -0.05) is 14.8 Å². The van der Waals surface area contributed by atoms with Crippen LogP contribution in [0.5, 0.6) is 0 Å². The molecule has 0 aliphatic rings. The number of nitroso groups, excluding NO2 is 1. The predicted octanol–water partition coefficient (Wildman–Crippen LogP) is 1.90. The van der Waals surface area contributed by atoms with Crippen molar-refractivity contribution in [3.05, 3.63) is 51.3 Å². The van der Waals surface area contributed by atoms with Gasteiger partial charge >= 0.3 is 5.82 Å². The zero-order valence-electron chi connectivity index (χ0n) is 10.1. The van der Waals surface area contributed by atoms with Gasteiger partial charge in [0.15, 0.2) is 5.52 Å². The summed E-state index contributed by atoms with van der Waals surface area (Å²) < 4.78 is 1.22. The van der Waals surface area contributed by atoms with Crippen LogP contribution in [0.2, 0.25) is 0 Å². The van der Waals surface area contributed by atoms with E-state index in [-0.39, 0.29) is 12.4 Å². The third-order valence-electron chi connectivity index (χ3n) is 2.95. The molecule has 3 rings (SSSR count). The Morgan fingerprint density at radius 3 is 2.90 bits per heavy atom. The highest BCUT2D eigenvalue weighted by Crippen LogP contribution is 2.30. The number of fused-ring (bicyclic) bond motifs is 1. The van der Waals surface area contributed by atoms with Crippen molar-refractivity contribution in [2.75, 3.05) is 0 Å². The van der Waals surface area contributed by atoms with Gasteiger partial charge in [-0.25, -0.2) is 0 Å². The van der Waals surface area contributed by atoms with E-state index in [0.29, 0.717) is 22.2 Å². The number of nitrogens with one attached hydrogen (secondary N) is 1. The van der Waals surface area contributed by atoms with Gasteiger partial charge in [0.2, 0.25) is 0 Å². The Bertz CT molecular complexity index is 792. The highest BCUT2D eigenvalue weighted by molar-refractivity contribution is 5.83. The van der Waals surface area contributed by atoms with Crippen LogP contribution in [0.4, 0.5) is 5.82 Å². The summed E-state index contributed by atoms with van der Waals surface area (Å²) >= 11 is 0. The molecule has 3 heterocycles. The Morgan fingerprint density at radius 1 is 1.40 bits per heavy atom. The minimum absolute atomic E-state index is 0.0665. The molecule has 1 N–H and O–H groups in total. The summed E-state index contributed by atoms with van der Waals surface area (Å²) in [6.45, 7) is -0.0665. The fourth-order valence-electron chi connectivity index (χ4n) is 2.13. The summed E-state index contributed by atoms with van der Waals surface area (Å²) in [6, 6.07) is 2.95. The van der Waals surface area contributed by atoms with E-state index in [4.69, 9.17) is 0 Å². The largest absolute Gasteiger partial charge is 0.358 e. The molecule has 0 saturated carbocycles. The van der Waals surface area contributed by atoms with Gasteiger partial charge in [-0.05, 0) is 11.0 Å². The standard InChI is InChI=1S/C11H8N6O3/c18-15-6-8-5-14-16-9(1-2-10(16)17(19)20)11(8)7-3-12-13-4-7/h1-5H,6H2,(H,12,13). The van der Waals surface area contributed by atoms with Gasteiger partial charge in [-0.2, -0.15) is 10.0 Å². The van der Waals surface area contributed by atoms with Crippen LogP contribution in [0, 0.1) is 15.0 Å². The summed E-state index contributed by atoms with van der Waals surface area (Å²) in [7, 11) is 0. The second-order valence-corrected chi connectivity index (χ2v) is 4.06. The summed E-state index contributed by atoms with van der Waals surface area (Å²) in [5.74, 6) is -0.143. The molecule has 3 aromatic rings. The fraction of sp³-hybridized carbons (Fsp3) is 0.0909. The first kappa shape index (κ1) is 12.0. The molecule has 0 atom stereocenters. The second kappa shape index (κ2) is 4.53. The maximum Gasteiger partial charge on any atom is 0.348 e. The van der Waals surface area contributed by atoms with Crippen LogP contribution in [0.25, 0.3) is 16.6 Å². The van der Waals surface area contributed by atoms with Crippen molar-refractivity contribution < 1.29 is 4.92 Å². The maximum absolute atomic E-state index is 10.9. The van der Waals surface area contributed by atoms with Crippen molar-refractivity contribution in [1.29, 1.82) is 0 Å². The van der Waals surface area contributed by atoms with Gasteiger partial charge < -0.3 is 10.1 Å². The molecule has 0 radical (unpaired) electrons. The van der Waals surface area contributed by atoms with Crippen molar-refractivity contribution >= 4 is 11.3 Å². The third-order valence-corrected chi connectivity index (χ3v) is 2.95. The first-order valence-corrected chi connectivity index (χ1v) is 5.64. The Balaban J connectivity index is 2.34. The van der Waals surface area contributed by atoms with Crippen LogP contribution < -0.4 is 0 Å². The first-order chi connectivity index (χ1) is 9.72. The van der Waals surface area contributed by atoms with E-state index in [1.807, 2.05) is 0 Å². The lowest BCUT2D eigenvalue weighted by Crippen LogP contribution is -2.01. The number of nitro groups is 1. The smallest absolute Gasteiger partial charge is 0.348 e. The summed E-state index contributed by atoms with van der Waals surface area (Å²) in [4.78, 5) is 21.0. The van der Waals surface area contributed by atoms with Gasteiger partial charge in [0.1, 0.15) is 6.54 Å². The lowest BCUT2D eigenvalue weighted by Gasteiger charge is -2.04. The van der Waals surface area contributed by atoms with Crippen LogP contribution in [0.3, 0.4) is 0 Å². The van der Waals surface area contributed by atoms with Crippen LogP contribution in [0.1, 0.15) is 5.56 Å². The summed E-state index contributed by atoms with van der Waals surface area (Å²) in [5, 5.41) is 24.3. The molecular formula is C11H8N6O3. The average molecular weight is 272 g/mol. The normalized spacial score (nSPS) is 10.8. The molecule has 9 heteroatoms. The summed E-state index contributed by atoms with van der Waals surface area (Å²) in [6.07, 6.45) is 4.62. The number of rotatable bonds is 4. The molecule has 0 bridgehead atoms. The van der Waals surface area contributed by atoms with Crippen LogP contribution in [0.15, 0.2) is 35.9 Å². The van der Waals surface area contributed by atoms with Crippen LogP contribution in [-0.2, 0) is 6.54 Å². The van der Waals surface area contributed by atoms with E-state index < -0.39 is 4.92 Å². The van der Waals surface area contributed by atoms with E-state index in [2.05, 4.69) is 20.5 Å². The Hall–Kier alpha value is -3.10. The van der Waals surface area contributed by atoms with E-state index >= 15 is 0 Å². The number of H-pyrrole nitrogens is 1.